The fourth-order valence-corrected chi connectivity index (χ4v) is 2.47. The zero-order chi connectivity index (χ0) is 17.9. The monoisotopic (exact) mass is 338 g/mol. The van der Waals surface area contributed by atoms with Gasteiger partial charge in [0.05, 0.1) is 17.2 Å². The molecule has 1 atom stereocenters. The number of alkyl halides is 3. The van der Waals surface area contributed by atoms with Gasteiger partial charge in [-0.1, -0.05) is 12.1 Å². The molecule has 0 fully saturated rings. The van der Waals surface area contributed by atoms with Crippen molar-refractivity contribution in [2.24, 2.45) is 0 Å². The predicted molar refractivity (Wildman–Crippen MR) is 82.0 cm³/mol. The van der Waals surface area contributed by atoms with Gasteiger partial charge in [-0.15, -0.1) is 0 Å². The molecule has 2 aromatic rings. The Morgan fingerprint density at radius 1 is 1.25 bits per heavy atom. The second-order valence-corrected chi connectivity index (χ2v) is 5.34. The molecular weight excluding hydrogens is 321 g/mol. The molecule has 0 bridgehead atoms. The van der Waals surface area contributed by atoms with Crippen LogP contribution in [0.4, 0.5) is 13.2 Å². The van der Waals surface area contributed by atoms with Gasteiger partial charge in [0.2, 0.25) is 0 Å². The average Bonchev–Trinajstić information content (AvgIpc) is 2.55. The molecule has 0 radical (unpaired) electrons. The van der Waals surface area contributed by atoms with E-state index in [2.05, 4.69) is 0 Å². The van der Waals surface area contributed by atoms with Crippen LogP contribution in [0.15, 0.2) is 48.8 Å². The molecule has 1 aromatic carbocycles. The van der Waals surface area contributed by atoms with Crippen molar-refractivity contribution < 1.29 is 22.7 Å². The zero-order valence-electron chi connectivity index (χ0n) is 13.2. The van der Waals surface area contributed by atoms with E-state index in [1.54, 1.807) is 19.9 Å². The Morgan fingerprint density at radius 3 is 2.42 bits per heavy atom. The lowest BCUT2D eigenvalue weighted by Gasteiger charge is -2.29. The molecule has 0 saturated heterocycles. The molecule has 0 aliphatic heterocycles. The number of rotatable bonds is 4. The summed E-state index contributed by atoms with van der Waals surface area (Å²) < 4.78 is 39.1. The zero-order valence-corrected chi connectivity index (χ0v) is 13.2. The van der Waals surface area contributed by atoms with Crippen LogP contribution in [0.5, 0.6) is 0 Å². The minimum absolute atomic E-state index is 0.308. The molecule has 7 heteroatoms. The highest BCUT2D eigenvalue weighted by atomic mass is 19.4. The summed E-state index contributed by atoms with van der Waals surface area (Å²) >= 11 is 0. The number of aromatic nitrogens is 1. The smallest absolute Gasteiger partial charge is 0.416 e. The lowest BCUT2D eigenvalue weighted by Crippen LogP contribution is -2.34. The third kappa shape index (κ3) is 3.84. The predicted octanol–water partition coefficient (Wildman–Crippen LogP) is 3.56. The van der Waals surface area contributed by atoms with E-state index in [1.807, 2.05) is 0 Å². The van der Waals surface area contributed by atoms with Gasteiger partial charge in [0, 0.05) is 18.7 Å². The molecule has 0 spiro atoms. The van der Waals surface area contributed by atoms with Crippen LogP contribution in [0.3, 0.4) is 0 Å². The van der Waals surface area contributed by atoms with E-state index in [9.17, 15) is 23.2 Å². The summed E-state index contributed by atoms with van der Waals surface area (Å²) in [4.78, 5) is 14.0. The summed E-state index contributed by atoms with van der Waals surface area (Å²) in [5.74, 6) is -0.344. The van der Waals surface area contributed by atoms with Crippen molar-refractivity contribution in [3.05, 3.63) is 70.7 Å². The van der Waals surface area contributed by atoms with E-state index >= 15 is 0 Å². The van der Waals surface area contributed by atoms with Gasteiger partial charge in [-0.2, -0.15) is 17.9 Å². The van der Waals surface area contributed by atoms with Gasteiger partial charge in [-0.25, -0.2) is 0 Å². The second-order valence-electron chi connectivity index (χ2n) is 5.34. The first-order chi connectivity index (χ1) is 11.2. The highest BCUT2D eigenvalue weighted by Crippen LogP contribution is 2.32. The van der Waals surface area contributed by atoms with Gasteiger partial charge in [-0.3, -0.25) is 4.79 Å². The van der Waals surface area contributed by atoms with Gasteiger partial charge < -0.3 is 10.1 Å². The maximum atomic E-state index is 12.9. The summed E-state index contributed by atoms with van der Waals surface area (Å²) in [6.07, 6.45) is -2.02. The van der Waals surface area contributed by atoms with E-state index in [1.165, 1.54) is 35.5 Å². The highest BCUT2D eigenvalue weighted by molar-refractivity contribution is 5.94. The fraction of sp³-hybridized carbons (Fsp3) is 0.294. The van der Waals surface area contributed by atoms with E-state index in [0.717, 1.165) is 12.1 Å². The van der Waals surface area contributed by atoms with E-state index in [-0.39, 0.29) is 5.91 Å². The minimum atomic E-state index is -4.43. The molecule has 0 aliphatic rings. The van der Waals surface area contributed by atoms with Crippen molar-refractivity contribution in [1.82, 2.24) is 4.90 Å². The molecule has 0 N–H and O–H groups in total. The Balaban J connectivity index is 2.30. The summed E-state index contributed by atoms with van der Waals surface area (Å²) in [7, 11) is 0. The van der Waals surface area contributed by atoms with Gasteiger partial charge in [0.1, 0.15) is 0 Å². The van der Waals surface area contributed by atoms with E-state index in [4.69, 9.17) is 0 Å². The first-order valence-electron chi connectivity index (χ1n) is 7.41. The van der Waals surface area contributed by atoms with Crippen LogP contribution in [0, 0.1) is 5.21 Å². The van der Waals surface area contributed by atoms with Gasteiger partial charge in [-0.05, 0) is 31.5 Å². The average molecular weight is 338 g/mol. The Morgan fingerprint density at radius 2 is 1.88 bits per heavy atom. The standard InChI is InChI=1S/C17H17F3N2O2/c1-3-22(16(23)13-7-9-21(24)10-8-13)12(2)14-5-4-6-15(11-14)17(18,19)20/h4-12H,3H2,1-2H3. The normalized spacial score (nSPS) is 12.7. The number of benzene rings is 1. The molecule has 4 nitrogen and oxygen atoms in total. The van der Waals surface area contributed by atoms with Crippen molar-refractivity contribution in [2.45, 2.75) is 26.1 Å². The van der Waals surface area contributed by atoms with Crippen LogP contribution in [-0.4, -0.2) is 17.4 Å². The number of amides is 1. The van der Waals surface area contributed by atoms with Crippen LogP contribution in [0.2, 0.25) is 0 Å². The van der Waals surface area contributed by atoms with Crippen LogP contribution >= 0.6 is 0 Å². The Kier molecular flexibility index (Phi) is 5.11. The number of pyridine rings is 1. The SMILES string of the molecule is CCN(C(=O)c1cc[n+]([O-])cc1)C(C)c1cccc(C(F)(F)F)c1. The van der Waals surface area contributed by atoms with Crippen LogP contribution < -0.4 is 4.73 Å². The Hall–Kier alpha value is -2.57. The van der Waals surface area contributed by atoms with Crippen molar-refractivity contribution in [3.8, 4) is 0 Å². The van der Waals surface area contributed by atoms with Crippen molar-refractivity contribution in [3.63, 3.8) is 0 Å². The molecule has 1 amide bonds. The molecular formula is C17H17F3N2O2. The number of carbonyl (C=O) groups is 1. The largest absolute Gasteiger partial charge is 0.619 e. The van der Waals surface area contributed by atoms with Gasteiger partial charge >= 0.3 is 6.18 Å². The molecule has 24 heavy (non-hydrogen) atoms. The van der Waals surface area contributed by atoms with Crippen LogP contribution in [-0.2, 0) is 6.18 Å². The lowest BCUT2D eigenvalue weighted by atomic mass is 10.0. The molecule has 128 valence electrons. The molecule has 0 saturated carbocycles. The number of hydrogen-bond acceptors (Lipinski definition) is 2. The Labute approximate surface area is 137 Å². The lowest BCUT2D eigenvalue weighted by molar-refractivity contribution is -0.605. The summed E-state index contributed by atoms with van der Waals surface area (Å²) in [6.45, 7) is 3.74. The van der Waals surface area contributed by atoms with Crippen molar-refractivity contribution in [1.29, 1.82) is 0 Å². The third-order valence-corrected chi connectivity index (χ3v) is 3.81. The Bertz CT molecular complexity index is 715. The van der Waals surface area contributed by atoms with Gasteiger partial charge in [0.15, 0.2) is 12.4 Å². The van der Waals surface area contributed by atoms with E-state index in [0.29, 0.717) is 22.4 Å². The maximum absolute atomic E-state index is 12.9. The number of nitrogens with zero attached hydrogens (tertiary/aromatic N) is 2. The second kappa shape index (κ2) is 6.90. The first kappa shape index (κ1) is 17.8. The van der Waals surface area contributed by atoms with E-state index < -0.39 is 17.8 Å². The summed E-state index contributed by atoms with van der Waals surface area (Å²) in [5.41, 5.74) is -0.0416. The maximum Gasteiger partial charge on any atom is 0.416 e. The molecule has 1 unspecified atom stereocenters. The fourth-order valence-electron chi connectivity index (χ4n) is 2.47. The summed E-state index contributed by atoms with van der Waals surface area (Å²) in [5, 5.41) is 11.1. The van der Waals surface area contributed by atoms with Gasteiger partial charge in [0.25, 0.3) is 5.91 Å². The van der Waals surface area contributed by atoms with Crippen molar-refractivity contribution in [2.75, 3.05) is 6.54 Å². The number of carbonyl (C=O) groups excluding carboxylic acids is 1. The first-order valence-corrected chi connectivity index (χ1v) is 7.41. The number of halogens is 3. The topological polar surface area (TPSA) is 47.2 Å². The number of hydrogen-bond donors (Lipinski definition) is 0. The third-order valence-electron chi connectivity index (χ3n) is 3.81. The quantitative estimate of drug-likeness (QED) is 0.632. The van der Waals surface area contributed by atoms with Crippen molar-refractivity contribution >= 4 is 5.91 Å². The summed E-state index contributed by atoms with van der Waals surface area (Å²) in [6, 6.07) is 7.18. The molecule has 0 aliphatic carbocycles. The minimum Gasteiger partial charge on any atom is -0.619 e. The molecule has 1 aromatic heterocycles. The molecule has 2 rings (SSSR count). The van der Waals surface area contributed by atoms with Crippen LogP contribution in [0.1, 0.15) is 41.4 Å². The highest BCUT2D eigenvalue weighted by Gasteiger charge is 2.31. The molecule has 1 heterocycles. The van der Waals surface area contributed by atoms with Crippen LogP contribution in [0.25, 0.3) is 0 Å².